The van der Waals surface area contributed by atoms with Crippen LogP contribution in [0.2, 0.25) is 0 Å². The number of hydrogen-bond donors (Lipinski definition) is 1. The predicted octanol–water partition coefficient (Wildman–Crippen LogP) is 4.11. The molecule has 0 fully saturated rings. The molecule has 0 saturated carbocycles. The van der Waals surface area contributed by atoms with E-state index in [4.69, 9.17) is 0 Å². The first kappa shape index (κ1) is 12.2. The van der Waals surface area contributed by atoms with Crippen LogP contribution in [0.1, 0.15) is 18.9 Å². The fourth-order valence-corrected chi connectivity index (χ4v) is 2.40. The summed E-state index contributed by atoms with van der Waals surface area (Å²) in [4.78, 5) is 4.33. The summed E-state index contributed by atoms with van der Waals surface area (Å²) >= 11 is 3.50. The van der Waals surface area contributed by atoms with Gasteiger partial charge in [0.25, 0.3) is 0 Å². The van der Waals surface area contributed by atoms with E-state index in [0.717, 1.165) is 29.1 Å². The van der Waals surface area contributed by atoms with Crippen molar-refractivity contribution in [2.75, 3.05) is 5.32 Å². The monoisotopic (exact) mass is 293 g/mol. The number of aromatic nitrogens is 2. The second-order valence-corrected chi connectivity index (χ2v) is 5.00. The van der Waals surface area contributed by atoms with E-state index in [2.05, 4.69) is 62.8 Å². The van der Waals surface area contributed by atoms with Gasteiger partial charge in [0.15, 0.2) is 0 Å². The van der Waals surface area contributed by atoms with Crippen molar-refractivity contribution in [3.05, 3.63) is 40.6 Å². The summed E-state index contributed by atoms with van der Waals surface area (Å²) in [5.41, 5.74) is 2.27. The van der Waals surface area contributed by atoms with E-state index in [1.807, 2.05) is 12.4 Å². The molecular formula is C13H16BrN3. The Labute approximate surface area is 110 Å². The summed E-state index contributed by atoms with van der Waals surface area (Å²) in [5, 5.41) is 3.34. The summed E-state index contributed by atoms with van der Waals surface area (Å²) in [6.45, 7) is 5.22. The average molecular weight is 294 g/mol. The van der Waals surface area contributed by atoms with Gasteiger partial charge in [-0.2, -0.15) is 0 Å². The molecule has 4 heteroatoms. The highest BCUT2D eigenvalue weighted by atomic mass is 79.9. The number of anilines is 2. The van der Waals surface area contributed by atoms with Crippen LogP contribution in [0.15, 0.2) is 35.1 Å². The van der Waals surface area contributed by atoms with Gasteiger partial charge in [-0.05, 0) is 37.1 Å². The highest BCUT2D eigenvalue weighted by Crippen LogP contribution is 2.22. The Balaban J connectivity index is 2.22. The van der Waals surface area contributed by atoms with E-state index in [9.17, 15) is 0 Å². The first-order valence-corrected chi connectivity index (χ1v) is 6.53. The normalized spacial score (nSPS) is 10.5. The smallest absolute Gasteiger partial charge is 0.207 e. The van der Waals surface area contributed by atoms with Gasteiger partial charge < -0.3 is 9.88 Å². The summed E-state index contributed by atoms with van der Waals surface area (Å²) in [6.07, 6.45) is 4.92. The predicted molar refractivity (Wildman–Crippen MR) is 74.7 cm³/mol. The molecule has 0 aliphatic rings. The number of aryl methyl sites for hydroxylation is 2. The molecule has 0 amide bonds. The number of nitrogens with one attached hydrogen (secondary N) is 1. The summed E-state index contributed by atoms with van der Waals surface area (Å²) in [6, 6.07) is 6.25. The topological polar surface area (TPSA) is 29.9 Å². The van der Waals surface area contributed by atoms with Gasteiger partial charge in [-0.1, -0.05) is 22.9 Å². The molecule has 1 N–H and O–H groups in total. The molecule has 2 rings (SSSR count). The lowest BCUT2D eigenvalue weighted by Crippen LogP contribution is -2.02. The Morgan fingerprint density at radius 3 is 2.88 bits per heavy atom. The maximum Gasteiger partial charge on any atom is 0.207 e. The van der Waals surface area contributed by atoms with E-state index in [0.29, 0.717) is 0 Å². The molecule has 1 aromatic carbocycles. The van der Waals surface area contributed by atoms with Crippen LogP contribution in [0.3, 0.4) is 0 Å². The molecule has 1 heterocycles. The van der Waals surface area contributed by atoms with Gasteiger partial charge >= 0.3 is 0 Å². The van der Waals surface area contributed by atoms with E-state index >= 15 is 0 Å². The third-order valence-corrected chi connectivity index (χ3v) is 2.94. The fourth-order valence-electron chi connectivity index (χ4n) is 1.79. The summed E-state index contributed by atoms with van der Waals surface area (Å²) in [5.74, 6) is 0.893. The Morgan fingerprint density at radius 2 is 2.18 bits per heavy atom. The quantitative estimate of drug-likeness (QED) is 0.919. The molecule has 0 unspecified atom stereocenters. The third-order valence-electron chi connectivity index (χ3n) is 2.48. The van der Waals surface area contributed by atoms with Gasteiger partial charge in [0.1, 0.15) is 0 Å². The van der Waals surface area contributed by atoms with Crippen molar-refractivity contribution in [1.82, 2.24) is 9.55 Å². The van der Waals surface area contributed by atoms with Crippen molar-refractivity contribution in [1.29, 1.82) is 0 Å². The second-order valence-electron chi connectivity index (χ2n) is 4.09. The van der Waals surface area contributed by atoms with Crippen molar-refractivity contribution < 1.29 is 0 Å². The Hall–Kier alpha value is -1.29. The lowest BCUT2D eigenvalue weighted by molar-refractivity contribution is 0.686. The van der Waals surface area contributed by atoms with Crippen molar-refractivity contribution >= 4 is 27.6 Å². The third kappa shape index (κ3) is 3.09. The van der Waals surface area contributed by atoms with E-state index in [1.165, 1.54) is 5.56 Å². The van der Waals surface area contributed by atoms with E-state index in [-0.39, 0.29) is 0 Å². The van der Waals surface area contributed by atoms with Gasteiger partial charge in [-0.3, -0.25) is 0 Å². The zero-order valence-corrected chi connectivity index (χ0v) is 11.7. The molecule has 0 radical (unpaired) electrons. The van der Waals surface area contributed by atoms with Crippen molar-refractivity contribution in [2.24, 2.45) is 0 Å². The minimum Gasteiger partial charge on any atom is -0.326 e. The minimum absolute atomic E-state index is 0.893. The van der Waals surface area contributed by atoms with Crippen LogP contribution in [0, 0.1) is 6.92 Å². The number of nitrogens with zero attached hydrogens (tertiary/aromatic N) is 2. The highest BCUT2D eigenvalue weighted by molar-refractivity contribution is 9.10. The van der Waals surface area contributed by atoms with Crippen LogP contribution in [-0.4, -0.2) is 9.55 Å². The largest absolute Gasteiger partial charge is 0.326 e. The van der Waals surface area contributed by atoms with Gasteiger partial charge in [0.05, 0.1) is 0 Å². The Bertz CT molecular complexity index is 485. The van der Waals surface area contributed by atoms with Crippen LogP contribution in [0.25, 0.3) is 0 Å². The van der Waals surface area contributed by atoms with Gasteiger partial charge in [-0.15, -0.1) is 0 Å². The van der Waals surface area contributed by atoms with Gasteiger partial charge in [0.2, 0.25) is 5.95 Å². The van der Waals surface area contributed by atoms with Crippen molar-refractivity contribution in [2.45, 2.75) is 26.8 Å². The molecule has 17 heavy (non-hydrogen) atoms. The first-order valence-electron chi connectivity index (χ1n) is 5.74. The number of hydrogen-bond acceptors (Lipinski definition) is 2. The second kappa shape index (κ2) is 5.36. The van der Waals surface area contributed by atoms with Crippen molar-refractivity contribution in [3.63, 3.8) is 0 Å². The van der Waals surface area contributed by atoms with Crippen LogP contribution in [0.5, 0.6) is 0 Å². The number of benzene rings is 1. The summed E-state index contributed by atoms with van der Waals surface area (Å²) in [7, 11) is 0. The molecular weight excluding hydrogens is 278 g/mol. The Kier molecular flexibility index (Phi) is 3.84. The van der Waals surface area contributed by atoms with Crippen LogP contribution < -0.4 is 5.32 Å². The van der Waals surface area contributed by atoms with Gasteiger partial charge in [0, 0.05) is 29.1 Å². The standard InChI is InChI=1S/C13H16BrN3/c1-3-5-17-6-4-15-13(17)16-12-8-10(2)7-11(14)9-12/h4,6-9H,3,5H2,1-2H3,(H,15,16). The number of halogens is 1. The highest BCUT2D eigenvalue weighted by Gasteiger charge is 2.03. The molecule has 0 aliphatic heterocycles. The molecule has 0 spiro atoms. The zero-order chi connectivity index (χ0) is 12.3. The molecule has 0 bridgehead atoms. The van der Waals surface area contributed by atoms with Crippen molar-refractivity contribution in [3.8, 4) is 0 Å². The van der Waals surface area contributed by atoms with Crippen LogP contribution >= 0.6 is 15.9 Å². The Morgan fingerprint density at radius 1 is 1.35 bits per heavy atom. The van der Waals surface area contributed by atoms with Gasteiger partial charge in [-0.25, -0.2) is 4.98 Å². The zero-order valence-electron chi connectivity index (χ0n) is 10.1. The lowest BCUT2D eigenvalue weighted by Gasteiger charge is -2.09. The molecule has 3 nitrogen and oxygen atoms in total. The van der Waals surface area contributed by atoms with Crippen LogP contribution in [0.4, 0.5) is 11.6 Å². The molecule has 0 aliphatic carbocycles. The molecule has 0 atom stereocenters. The SMILES string of the molecule is CCCn1ccnc1Nc1cc(C)cc(Br)c1. The summed E-state index contributed by atoms with van der Waals surface area (Å²) < 4.78 is 3.20. The van der Waals surface area contributed by atoms with Crippen LogP contribution in [-0.2, 0) is 6.54 Å². The molecule has 1 aromatic heterocycles. The number of rotatable bonds is 4. The minimum atomic E-state index is 0.893. The fraction of sp³-hybridized carbons (Fsp3) is 0.308. The average Bonchev–Trinajstić information content (AvgIpc) is 2.65. The maximum atomic E-state index is 4.33. The maximum absolute atomic E-state index is 4.33. The molecule has 2 aromatic rings. The molecule has 90 valence electrons. The number of imidazole rings is 1. The van der Waals surface area contributed by atoms with E-state index < -0.39 is 0 Å². The lowest BCUT2D eigenvalue weighted by atomic mass is 10.2. The molecule has 0 saturated heterocycles. The first-order chi connectivity index (χ1) is 8.19. The van der Waals surface area contributed by atoms with E-state index in [1.54, 1.807) is 0 Å².